The monoisotopic (exact) mass is 304 g/mol. The maximum atomic E-state index is 6.30. The molecule has 1 aromatic carbocycles. The third kappa shape index (κ3) is 3.73. The Kier molecular flexibility index (Phi) is 4.84. The van der Waals surface area contributed by atoms with Gasteiger partial charge in [0.2, 0.25) is 0 Å². The molecule has 112 valence electrons. The maximum absolute atomic E-state index is 6.30. The summed E-state index contributed by atoms with van der Waals surface area (Å²) in [5.74, 6) is 1.81. The maximum Gasteiger partial charge on any atom is 0.161 e. The first kappa shape index (κ1) is 15.8. The van der Waals surface area contributed by atoms with Gasteiger partial charge in [0.15, 0.2) is 5.82 Å². The first-order chi connectivity index (χ1) is 9.88. The van der Waals surface area contributed by atoms with Crippen molar-refractivity contribution in [3.05, 3.63) is 40.7 Å². The molecule has 2 aromatic rings. The molecule has 0 saturated heterocycles. The lowest BCUT2D eigenvalue weighted by Crippen LogP contribution is -2.05. The first-order valence-electron chi connectivity index (χ1n) is 7.19. The van der Waals surface area contributed by atoms with Gasteiger partial charge in [-0.1, -0.05) is 25.4 Å². The third-order valence-electron chi connectivity index (χ3n) is 3.15. The zero-order valence-electron chi connectivity index (χ0n) is 13.1. The summed E-state index contributed by atoms with van der Waals surface area (Å²) in [6.07, 6.45) is 0.161. The molecule has 0 radical (unpaired) electrons. The van der Waals surface area contributed by atoms with Crippen molar-refractivity contribution >= 4 is 11.6 Å². The van der Waals surface area contributed by atoms with Crippen LogP contribution in [0.1, 0.15) is 44.9 Å². The third-order valence-corrected chi connectivity index (χ3v) is 3.44. The number of benzene rings is 1. The Balaban J connectivity index is 2.34. The fraction of sp³-hybridized carbons (Fsp3) is 0.412. The van der Waals surface area contributed by atoms with E-state index in [4.69, 9.17) is 16.3 Å². The van der Waals surface area contributed by atoms with Gasteiger partial charge in [-0.05, 0) is 51.0 Å². The molecular weight excluding hydrogens is 284 g/mol. The van der Waals surface area contributed by atoms with E-state index in [-0.39, 0.29) is 6.10 Å². The molecule has 0 aliphatic rings. The highest BCUT2D eigenvalue weighted by Crippen LogP contribution is 2.28. The number of aryl methyl sites for hydroxylation is 1. The number of halogens is 1. The van der Waals surface area contributed by atoms with E-state index in [0.717, 1.165) is 22.6 Å². The van der Waals surface area contributed by atoms with Gasteiger partial charge in [-0.2, -0.15) is 0 Å². The molecule has 0 atom stereocenters. The lowest BCUT2D eigenvalue weighted by Gasteiger charge is -2.13. The zero-order chi connectivity index (χ0) is 15.6. The van der Waals surface area contributed by atoms with Crippen LogP contribution in [0.25, 0.3) is 11.4 Å². The van der Waals surface area contributed by atoms with E-state index in [2.05, 4.69) is 23.8 Å². The van der Waals surface area contributed by atoms with Crippen molar-refractivity contribution in [1.82, 2.24) is 9.97 Å². The van der Waals surface area contributed by atoms with Crippen LogP contribution in [-0.4, -0.2) is 16.1 Å². The van der Waals surface area contributed by atoms with Crippen molar-refractivity contribution < 1.29 is 4.74 Å². The van der Waals surface area contributed by atoms with Crippen molar-refractivity contribution in [2.24, 2.45) is 0 Å². The second-order valence-corrected chi connectivity index (χ2v) is 6.04. The van der Waals surface area contributed by atoms with Crippen LogP contribution in [0.2, 0.25) is 5.15 Å². The average Bonchev–Trinajstić information content (AvgIpc) is 2.37. The molecule has 4 heteroatoms. The predicted octanol–water partition coefficient (Wildman–Crippen LogP) is 5.02. The molecule has 0 saturated carbocycles. The lowest BCUT2D eigenvalue weighted by molar-refractivity contribution is 0.242. The van der Waals surface area contributed by atoms with E-state index in [1.807, 2.05) is 45.0 Å². The number of ether oxygens (including phenoxy) is 1. The Morgan fingerprint density at radius 3 is 2.10 bits per heavy atom. The molecule has 1 aromatic heterocycles. The van der Waals surface area contributed by atoms with Crippen LogP contribution in [0.5, 0.6) is 5.75 Å². The largest absolute Gasteiger partial charge is 0.491 e. The summed E-state index contributed by atoms with van der Waals surface area (Å²) < 4.78 is 5.64. The van der Waals surface area contributed by atoms with E-state index in [9.17, 15) is 0 Å². The van der Waals surface area contributed by atoms with E-state index in [0.29, 0.717) is 16.9 Å². The van der Waals surface area contributed by atoms with Crippen LogP contribution >= 0.6 is 11.6 Å². The molecule has 0 aliphatic carbocycles. The minimum Gasteiger partial charge on any atom is -0.491 e. The standard InChI is InChI=1S/C17H21ClN2O/c1-10(2)15-12(5)19-17(20-16(15)18)13-6-8-14(9-7-13)21-11(3)4/h6-11H,1-5H3. The number of hydrogen-bond donors (Lipinski definition) is 0. The number of hydrogen-bond acceptors (Lipinski definition) is 3. The smallest absolute Gasteiger partial charge is 0.161 e. The van der Waals surface area contributed by atoms with Gasteiger partial charge in [0.05, 0.1) is 6.10 Å². The summed E-state index contributed by atoms with van der Waals surface area (Å²) in [5, 5.41) is 0.537. The number of nitrogens with zero attached hydrogens (tertiary/aromatic N) is 2. The number of rotatable bonds is 4. The molecular formula is C17H21ClN2O. The SMILES string of the molecule is Cc1nc(-c2ccc(OC(C)C)cc2)nc(Cl)c1C(C)C. The Morgan fingerprint density at radius 2 is 1.62 bits per heavy atom. The second-order valence-electron chi connectivity index (χ2n) is 5.68. The van der Waals surface area contributed by atoms with Crippen LogP contribution in [0.15, 0.2) is 24.3 Å². The van der Waals surface area contributed by atoms with Gasteiger partial charge in [-0.25, -0.2) is 9.97 Å². The fourth-order valence-corrected chi connectivity index (χ4v) is 2.72. The van der Waals surface area contributed by atoms with Crippen molar-refractivity contribution in [2.75, 3.05) is 0 Å². The molecule has 3 nitrogen and oxygen atoms in total. The Labute approximate surface area is 131 Å². The second kappa shape index (κ2) is 6.44. The van der Waals surface area contributed by atoms with Crippen LogP contribution in [0, 0.1) is 6.92 Å². The molecule has 2 rings (SSSR count). The highest BCUT2D eigenvalue weighted by molar-refractivity contribution is 6.30. The van der Waals surface area contributed by atoms with E-state index < -0.39 is 0 Å². The highest BCUT2D eigenvalue weighted by Gasteiger charge is 2.14. The molecule has 0 fully saturated rings. The topological polar surface area (TPSA) is 35.0 Å². The van der Waals surface area contributed by atoms with Crippen molar-refractivity contribution in [3.8, 4) is 17.1 Å². The van der Waals surface area contributed by atoms with Gasteiger partial charge in [0.25, 0.3) is 0 Å². The molecule has 0 aliphatic heterocycles. The van der Waals surface area contributed by atoms with Crippen molar-refractivity contribution in [2.45, 2.75) is 46.6 Å². The average molecular weight is 305 g/mol. The summed E-state index contributed by atoms with van der Waals surface area (Å²) in [4.78, 5) is 9.01. The van der Waals surface area contributed by atoms with Crippen molar-refractivity contribution in [3.63, 3.8) is 0 Å². The Morgan fingerprint density at radius 1 is 1.00 bits per heavy atom. The van der Waals surface area contributed by atoms with E-state index >= 15 is 0 Å². The number of aromatic nitrogens is 2. The normalized spacial score (nSPS) is 11.2. The molecule has 21 heavy (non-hydrogen) atoms. The molecule has 0 unspecified atom stereocenters. The van der Waals surface area contributed by atoms with Gasteiger partial charge in [-0.3, -0.25) is 0 Å². The predicted molar refractivity (Wildman–Crippen MR) is 87.1 cm³/mol. The van der Waals surface area contributed by atoms with Gasteiger partial charge in [0, 0.05) is 16.8 Å². The Hall–Kier alpha value is -1.61. The van der Waals surface area contributed by atoms with Gasteiger partial charge in [0.1, 0.15) is 10.9 Å². The Bertz CT molecular complexity index is 598. The summed E-state index contributed by atoms with van der Waals surface area (Å²) >= 11 is 6.30. The molecule has 1 heterocycles. The highest BCUT2D eigenvalue weighted by atomic mass is 35.5. The van der Waals surface area contributed by atoms with Gasteiger partial charge in [-0.15, -0.1) is 0 Å². The summed E-state index contributed by atoms with van der Waals surface area (Å²) in [6, 6.07) is 7.77. The van der Waals surface area contributed by atoms with Crippen LogP contribution in [-0.2, 0) is 0 Å². The summed E-state index contributed by atoms with van der Waals surface area (Å²) in [6.45, 7) is 10.2. The molecule has 0 N–H and O–H groups in total. The minimum atomic E-state index is 0.161. The van der Waals surface area contributed by atoms with E-state index in [1.165, 1.54) is 0 Å². The van der Waals surface area contributed by atoms with Crippen LogP contribution < -0.4 is 4.74 Å². The van der Waals surface area contributed by atoms with Gasteiger partial charge >= 0.3 is 0 Å². The quantitative estimate of drug-likeness (QED) is 0.744. The fourth-order valence-electron chi connectivity index (χ4n) is 2.29. The van der Waals surface area contributed by atoms with Crippen molar-refractivity contribution in [1.29, 1.82) is 0 Å². The zero-order valence-corrected chi connectivity index (χ0v) is 13.9. The molecule has 0 spiro atoms. The molecule has 0 amide bonds. The summed E-state index contributed by atoms with van der Waals surface area (Å²) in [7, 11) is 0. The lowest BCUT2D eigenvalue weighted by atomic mass is 10.0. The summed E-state index contributed by atoms with van der Waals surface area (Å²) in [5.41, 5.74) is 2.88. The first-order valence-corrected chi connectivity index (χ1v) is 7.57. The minimum absolute atomic E-state index is 0.161. The van der Waals surface area contributed by atoms with Gasteiger partial charge < -0.3 is 4.74 Å². The molecule has 0 bridgehead atoms. The van der Waals surface area contributed by atoms with E-state index in [1.54, 1.807) is 0 Å². The van der Waals surface area contributed by atoms with Crippen LogP contribution in [0.3, 0.4) is 0 Å². The van der Waals surface area contributed by atoms with Crippen LogP contribution in [0.4, 0.5) is 0 Å².